The van der Waals surface area contributed by atoms with E-state index < -0.39 is 0 Å². The summed E-state index contributed by atoms with van der Waals surface area (Å²) in [6, 6.07) is 12.0. The first kappa shape index (κ1) is 20.3. The summed E-state index contributed by atoms with van der Waals surface area (Å²) in [6.45, 7) is 3.81. The lowest BCUT2D eigenvalue weighted by Gasteiger charge is -2.19. The molecule has 3 aromatic rings. The van der Waals surface area contributed by atoms with Crippen LogP contribution in [-0.4, -0.2) is 46.2 Å². The number of hydrogen-bond donors (Lipinski definition) is 3. The first-order chi connectivity index (χ1) is 15.6. The Kier molecular flexibility index (Phi) is 5.38. The minimum Gasteiger partial charge on any atom is -0.354 e. The molecule has 2 aromatic heterocycles. The highest BCUT2D eigenvalue weighted by Gasteiger charge is 2.32. The molecule has 9 nitrogen and oxygen atoms in total. The highest BCUT2D eigenvalue weighted by molar-refractivity contribution is 5.88. The molecule has 2 aliphatic rings. The number of anilines is 2. The monoisotopic (exact) mass is 433 g/mol. The lowest BCUT2D eigenvalue weighted by molar-refractivity contribution is -0.125. The zero-order chi connectivity index (χ0) is 22.1. The fourth-order valence-corrected chi connectivity index (χ4v) is 4.60. The molecule has 1 aromatic carbocycles. The fraction of sp³-hybridized carbons (Fsp3) is 0.391. The van der Waals surface area contributed by atoms with Crippen molar-refractivity contribution in [2.24, 2.45) is 5.92 Å². The summed E-state index contributed by atoms with van der Waals surface area (Å²) in [5.74, 6) is 1.29. The second kappa shape index (κ2) is 8.49. The summed E-state index contributed by atoms with van der Waals surface area (Å²) in [7, 11) is 0. The van der Waals surface area contributed by atoms with Gasteiger partial charge in [-0.1, -0.05) is 24.3 Å². The number of nitrogens with zero attached hydrogens (tertiary/aromatic N) is 4. The Bertz CT molecular complexity index is 1160. The van der Waals surface area contributed by atoms with Gasteiger partial charge in [0.25, 0.3) is 0 Å². The first-order valence-electron chi connectivity index (χ1n) is 11.1. The minimum atomic E-state index is -0.297. The maximum Gasteiger partial charge on any atom is 0.320 e. The third-order valence-corrected chi connectivity index (χ3v) is 6.22. The first-order valence-corrected chi connectivity index (χ1v) is 11.1. The van der Waals surface area contributed by atoms with Crippen LogP contribution in [0.5, 0.6) is 0 Å². The van der Waals surface area contributed by atoms with Gasteiger partial charge in [-0.15, -0.1) is 5.10 Å². The van der Waals surface area contributed by atoms with Crippen molar-refractivity contribution in [1.82, 2.24) is 25.2 Å². The molecule has 2 atom stereocenters. The number of nitrogens with one attached hydrogen (secondary N) is 3. The average molecular weight is 434 g/mol. The molecule has 2 unspecified atom stereocenters. The Morgan fingerprint density at radius 3 is 2.91 bits per heavy atom. The Morgan fingerprint density at radius 2 is 2.03 bits per heavy atom. The van der Waals surface area contributed by atoms with E-state index in [-0.39, 0.29) is 23.9 Å². The molecule has 9 heteroatoms. The molecule has 1 fully saturated rings. The number of hydrogen-bond acceptors (Lipinski definition) is 5. The van der Waals surface area contributed by atoms with Gasteiger partial charge in [-0.05, 0) is 49.4 Å². The van der Waals surface area contributed by atoms with E-state index in [0.29, 0.717) is 24.6 Å². The summed E-state index contributed by atoms with van der Waals surface area (Å²) < 4.78 is 1.65. The molecule has 3 heterocycles. The maximum atomic E-state index is 12.9. The molecular formula is C23H27N7O2. The Hall–Kier alpha value is -3.62. The second-order valence-electron chi connectivity index (χ2n) is 8.34. The maximum absolute atomic E-state index is 12.9. The number of imidazole rings is 1. The van der Waals surface area contributed by atoms with Crippen LogP contribution < -0.4 is 20.9 Å². The molecular weight excluding hydrogens is 406 g/mol. The molecule has 32 heavy (non-hydrogen) atoms. The highest BCUT2D eigenvalue weighted by Crippen LogP contribution is 2.31. The highest BCUT2D eigenvalue weighted by atomic mass is 16.2. The van der Waals surface area contributed by atoms with E-state index in [1.54, 1.807) is 10.7 Å². The summed E-state index contributed by atoms with van der Waals surface area (Å²) in [5.41, 5.74) is 3.23. The number of carbonyl (C=O) groups is 2. The van der Waals surface area contributed by atoms with E-state index in [4.69, 9.17) is 0 Å². The standard InChI is InChI=1S/C23H27N7O2/c1-2-24-23(32)27-19-14-30-20(26-19)9-10-21(28-30)29-12-11-16(13-29)22(31)25-18-8-7-15-5-3-4-6-17(15)18/h3-6,9-10,14,16,18H,2,7-8,11-13H2,1H3,(H,25,31)(H2,24,27,32). The zero-order valence-electron chi connectivity index (χ0n) is 18.0. The van der Waals surface area contributed by atoms with E-state index in [0.717, 1.165) is 31.6 Å². The predicted octanol–water partition coefficient (Wildman–Crippen LogP) is 2.50. The topological polar surface area (TPSA) is 104 Å². The van der Waals surface area contributed by atoms with Gasteiger partial charge < -0.3 is 15.5 Å². The average Bonchev–Trinajstić information content (AvgIpc) is 3.51. The van der Waals surface area contributed by atoms with E-state index in [9.17, 15) is 9.59 Å². The molecule has 0 spiro atoms. The molecule has 3 N–H and O–H groups in total. The van der Waals surface area contributed by atoms with Crippen molar-refractivity contribution >= 4 is 29.2 Å². The zero-order valence-corrected chi connectivity index (χ0v) is 18.0. The van der Waals surface area contributed by atoms with E-state index in [2.05, 4.69) is 49.1 Å². The molecule has 0 bridgehead atoms. The van der Waals surface area contributed by atoms with Crippen LogP contribution in [0.2, 0.25) is 0 Å². The lowest BCUT2D eigenvalue weighted by atomic mass is 10.1. The van der Waals surface area contributed by atoms with Crippen LogP contribution in [0.1, 0.15) is 36.9 Å². The number of benzene rings is 1. The molecule has 0 radical (unpaired) electrons. The summed E-state index contributed by atoms with van der Waals surface area (Å²) in [6.07, 6.45) is 4.47. The van der Waals surface area contributed by atoms with Crippen molar-refractivity contribution in [3.8, 4) is 0 Å². The number of aryl methyl sites for hydroxylation is 1. The van der Waals surface area contributed by atoms with Crippen LogP contribution in [0, 0.1) is 5.92 Å². The fourth-order valence-electron chi connectivity index (χ4n) is 4.60. The molecule has 5 rings (SSSR count). The number of amides is 3. The minimum absolute atomic E-state index is 0.0574. The van der Waals surface area contributed by atoms with Gasteiger partial charge in [-0.3, -0.25) is 10.1 Å². The van der Waals surface area contributed by atoms with Gasteiger partial charge in [0.1, 0.15) is 5.82 Å². The summed E-state index contributed by atoms with van der Waals surface area (Å²) >= 11 is 0. The molecule has 1 saturated heterocycles. The van der Waals surface area contributed by atoms with Crippen LogP contribution in [0.15, 0.2) is 42.6 Å². The van der Waals surface area contributed by atoms with E-state index in [1.807, 2.05) is 25.1 Å². The summed E-state index contributed by atoms with van der Waals surface area (Å²) in [5, 5.41) is 13.3. The van der Waals surface area contributed by atoms with Gasteiger partial charge in [0, 0.05) is 19.6 Å². The van der Waals surface area contributed by atoms with Crippen molar-refractivity contribution in [3.63, 3.8) is 0 Å². The third-order valence-electron chi connectivity index (χ3n) is 6.22. The third kappa shape index (κ3) is 3.98. The number of carbonyl (C=O) groups excluding carboxylic acids is 2. The number of rotatable bonds is 5. The van der Waals surface area contributed by atoms with Crippen molar-refractivity contribution < 1.29 is 9.59 Å². The summed E-state index contributed by atoms with van der Waals surface area (Å²) in [4.78, 5) is 31.2. The van der Waals surface area contributed by atoms with Crippen LogP contribution in [-0.2, 0) is 11.2 Å². The number of aromatic nitrogens is 3. The predicted molar refractivity (Wildman–Crippen MR) is 122 cm³/mol. The molecule has 0 saturated carbocycles. The number of fused-ring (bicyclic) bond motifs is 2. The van der Waals surface area contributed by atoms with Gasteiger partial charge in [-0.25, -0.2) is 14.3 Å². The number of urea groups is 1. The SMILES string of the molecule is CCNC(=O)Nc1cn2nc(N3CCC(C(=O)NC4CCc5ccccc54)C3)ccc2n1. The quantitative estimate of drug-likeness (QED) is 0.574. The molecule has 1 aliphatic carbocycles. The lowest BCUT2D eigenvalue weighted by Crippen LogP contribution is -2.35. The Morgan fingerprint density at radius 1 is 1.16 bits per heavy atom. The van der Waals surface area contributed by atoms with Crippen molar-refractivity contribution in [2.75, 3.05) is 29.9 Å². The van der Waals surface area contributed by atoms with Gasteiger partial charge in [0.2, 0.25) is 5.91 Å². The van der Waals surface area contributed by atoms with Crippen LogP contribution in [0.3, 0.4) is 0 Å². The largest absolute Gasteiger partial charge is 0.354 e. The van der Waals surface area contributed by atoms with Crippen LogP contribution >= 0.6 is 0 Å². The van der Waals surface area contributed by atoms with Crippen molar-refractivity contribution in [2.45, 2.75) is 32.2 Å². The Balaban J connectivity index is 1.23. The van der Waals surface area contributed by atoms with Gasteiger partial charge >= 0.3 is 6.03 Å². The van der Waals surface area contributed by atoms with Crippen molar-refractivity contribution in [1.29, 1.82) is 0 Å². The molecule has 166 valence electrons. The van der Waals surface area contributed by atoms with Crippen molar-refractivity contribution in [3.05, 3.63) is 53.7 Å². The molecule has 3 amide bonds. The van der Waals surface area contributed by atoms with E-state index >= 15 is 0 Å². The van der Waals surface area contributed by atoms with E-state index in [1.165, 1.54) is 11.1 Å². The normalized spacial score (nSPS) is 19.7. The van der Waals surface area contributed by atoms with Crippen LogP contribution in [0.4, 0.5) is 16.4 Å². The molecule has 1 aliphatic heterocycles. The Labute approximate surface area is 186 Å². The van der Waals surface area contributed by atoms with Gasteiger partial charge in [0.15, 0.2) is 11.5 Å². The second-order valence-corrected chi connectivity index (χ2v) is 8.34. The smallest absolute Gasteiger partial charge is 0.320 e. The van der Waals surface area contributed by atoms with Gasteiger partial charge in [0.05, 0.1) is 18.2 Å². The van der Waals surface area contributed by atoms with Gasteiger partial charge in [-0.2, -0.15) is 0 Å². The van der Waals surface area contributed by atoms with Crippen LogP contribution in [0.25, 0.3) is 5.65 Å².